The lowest BCUT2D eigenvalue weighted by Gasteiger charge is -2.23. The fourth-order valence-electron chi connectivity index (χ4n) is 2.19. The van der Waals surface area contributed by atoms with E-state index in [1.807, 2.05) is 18.2 Å². The lowest BCUT2D eigenvalue weighted by atomic mass is 9.86. The van der Waals surface area contributed by atoms with E-state index < -0.39 is 0 Å². The highest BCUT2D eigenvalue weighted by Gasteiger charge is 2.20. The Morgan fingerprint density at radius 1 is 1.23 bits per heavy atom. The van der Waals surface area contributed by atoms with Gasteiger partial charge in [0.25, 0.3) is 5.91 Å². The number of hydrogen-bond acceptors (Lipinski definition) is 3. The van der Waals surface area contributed by atoms with Crippen LogP contribution in [-0.4, -0.2) is 18.7 Å². The van der Waals surface area contributed by atoms with Crippen molar-refractivity contribution in [2.24, 2.45) is 5.10 Å². The predicted molar refractivity (Wildman–Crippen MR) is 111 cm³/mol. The van der Waals surface area contributed by atoms with E-state index in [-0.39, 0.29) is 17.9 Å². The van der Waals surface area contributed by atoms with Crippen LogP contribution in [0.15, 0.2) is 46.0 Å². The molecule has 0 aliphatic rings. The number of hydrogen-bond donors (Lipinski definition) is 1. The van der Waals surface area contributed by atoms with Gasteiger partial charge in [0.1, 0.15) is 5.75 Å². The molecule has 0 spiro atoms. The standard InChI is InChI=1S/C19H19BrCl2N2O2/c1-19(2,3)14-9-12(20)7-8-17(14)26-11-18(25)24-23-10-13-15(21)5-4-6-16(13)22/h4-10H,11H2,1-3H3,(H,24,25)/b23-10+. The molecule has 138 valence electrons. The summed E-state index contributed by atoms with van der Waals surface area (Å²) in [6, 6.07) is 10.8. The van der Waals surface area contributed by atoms with Gasteiger partial charge in [-0.25, -0.2) is 5.43 Å². The monoisotopic (exact) mass is 456 g/mol. The zero-order valence-corrected chi connectivity index (χ0v) is 17.7. The van der Waals surface area contributed by atoms with E-state index in [0.29, 0.717) is 21.4 Å². The van der Waals surface area contributed by atoms with Crippen LogP contribution in [0.1, 0.15) is 31.9 Å². The second-order valence-electron chi connectivity index (χ2n) is 6.61. The largest absolute Gasteiger partial charge is 0.483 e. The van der Waals surface area contributed by atoms with Crippen molar-refractivity contribution >= 4 is 51.3 Å². The maximum absolute atomic E-state index is 12.0. The average Bonchev–Trinajstić information content (AvgIpc) is 2.55. The first-order valence-corrected chi connectivity index (χ1v) is 9.42. The average molecular weight is 458 g/mol. The van der Waals surface area contributed by atoms with Gasteiger partial charge >= 0.3 is 0 Å². The molecule has 0 saturated carbocycles. The molecule has 0 radical (unpaired) electrons. The third-order valence-corrected chi connectivity index (χ3v) is 4.64. The van der Waals surface area contributed by atoms with Crippen LogP contribution in [0.4, 0.5) is 0 Å². The fraction of sp³-hybridized carbons (Fsp3) is 0.263. The van der Waals surface area contributed by atoms with Gasteiger partial charge in [-0.15, -0.1) is 0 Å². The molecule has 0 fully saturated rings. The van der Waals surface area contributed by atoms with Crippen LogP contribution in [0.3, 0.4) is 0 Å². The van der Waals surface area contributed by atoms with Crippen LogP contribution in [0, 0.1) is 0 Å². The summed E-state index contributed by atoms with van der Waals surface area (Å²) >= 11 is 15.5. The Kier molecular flexibility index (Phi) is 7.09. The highest BCUT2D eigenvalue weighted by molar-refractivity contribution is 9.10. The number of carbonyl (C=O) groups excluding carboxylic acids is 1. The van der Waals surface area contributed by atoms with Crippen molar-refractivity contribution in [1.29, 1.82) is 0 Å². The van der Waals surface area contributed by atoms with Gasteiger partial charge in [0.15, 0.2) is 6.61 Å². The molecule has 1 amide bonds. The van der Waals surface area contributed by atoms with Gasteiger partial charge in [-0.1, -0.05) is 66.0 Å². The van der Waals surface area contributed by atoms with Crippen molar-refractivity contribution < 1.29 is 9.53 Å². The molecule has 0 heterocycles. The van der Waals surface area contributed by atoms with Crippen LogP contribution >= 0.6 is 39.1 Å². The summed E-state index contributed by atoms with van der Waals surface area (Å²) in [6.45, 7) is 6.09. The van der Waals surface area contributed by atoms with Crippen molar-refractivity contribution in [2.45, 2.75) is 26.2 Å². The molecule has 0 aliphatic heterocycles. The molecule has 0 unspecified atom stereocenters. The first-order valence-electron chi connectivity index (χ1n) is 7.87. The second kappa shape index (κ2) is 8.89. The first-order chi connectivity index (χ1) is 12.2. The number of benzene rings is 2. The maximum Gasteiger partial charge on any atom is 0.277 e. The first kappa shape index (κ1) is 20.7. The molecule has 0 bridgehead atoms. The number of nitrogens with one attached hydrogen (secondary N) is 1. The van der Waals surface area contributed by atoms with E-state index >= 15 is 0 Å². The van der Waals surface area contributed by atoms with Crippen LogP contribution in [0.25, 0.3) is 0 Å². The van der Waals surface area contributed by atoms with Gasteiger partial charge in [0.05, 0.1) is 16.3 Å². The van der Waals surface area contributed by atoms with Crippen molar-refractivity contribution in [3.8, 4) is 5.75 Å². The van der Waals surface area contributed by atoms with Gasteiger partial charge in [0, 0.05) is 15.6 Å². The van der Waals surface area contributed by atoms with Crippen molar-refractivity contribution in [3.63, 3.8) is 0 Å². The molecule has 1 N–H and O–H groups in total. The summed E-state index contributed by atoms with van der Waals surface area (Å²) in [5, 5.41) is 4.79. The van der Waals surface area contributed by atoms with Crippen molar-refractivity contribution in [2.75, 3.05) is 6.61 Å². The Hall–Kier alpha value is -1.56. The Labute approximate surface area is 171 Å². The summed E-state index contributed by atoms with van der Waals surface area (Å²) in [5.41, 5.74) is 3.84. The number of carbonyl (C=O) groups is 1. The summed E-state index contributed by atoms with van der Waals surface area (Å²) in [6.07, 6.45) is 1.41. The minimum Gasteiger partial charge on any atom is -0.483 e. The summed E-state index contributed by atoms with van der Waals surface area (Å²) in [5.74, 6) is 0.279. The quantitative estimate of drug-likeness (QED) is 0.470. The molecule has 26 heavy (non-hydrogen) atoms. The van der Waals surface area contributed by atoms with Crippen LogP contribution in [-0.2, 0) is 10.2 Å². The minimum absolute atomic E-state index is 0.117. The Morgan fingerprint density at radius 2 is 1.88 bits per heavy atom. The van der Waals surface area contributed by atoms with E-state index in [1.54, 1.807) is 18.2 Å². The number of hydrazone groups is 1. The Bertz CT molecular complexity index is 813. The summed E-state index contributed by atoms with van der Waals surface area (Å²) in [4.78, 5) is 12.0. The molecule has 2 rings (SSSR count). The predicted octanol–water partition coefficient (Wildman–Crippen LogP) is 5.58. The topological polar surface area (TPSA) is 50.7 Å². The lowest BCUT2D eigenvalue weighted by Crippen LogP contribution is -2.25. The molecule has 7 heteroatoms. The van der Waals surface area contributed by atoms with E-state index in [9.17, 15) is 4.79 Å². The second-order valence-corrected chi connectivity index (χ2v) is 8.34. The fourth-order valence-corrected chi connectivity index (χ4v) is 3.05. The molecule has 0 aromatic heterocycles. The van der Waals surface area contributed by atoms with Crippen LogP contribution in [0.2, 0.25) is 10.0 Å². The molecule has 0 atom stereocenters. The van der Waals surface area contributed by atoms with Gasteiger partial charge in [0.2, 0.25) is 0 Å². The summed E-state index contributed by atoms with van der Waals surface area (Å²) < 4.78 is 6.63. The highest BCUT2D eigenvalue weighted by atomic mass is 79.9. The molecule has 4 nitrogen and oxygen atoms in total. The van der Waals surface area contributed by atoms with Gasteiger partial charge in [-0.3, -0.25) is 4.79 Å². The molecular weight excluding hydrogens is 439 g/mol. The SMILES string of the molecule is CC(C)(C)c1cc(Br)ccc1OCC(=O)N/N=C/c1c(Cl)cccc1Cl. The molecule has 2 aromatic carbocycles. The van der Waals surface area contributed by atoms with Gasteiger partial charge in [-0.05, 0) is 35.7 Å². The van der Waals surface area contributed by atoms with E-state index in [0.717, 1.165) is 10.0 Å². The number of ether oxygens (including phenoxy) is 1. The zero-order valence-electron chi connectivity index (χ0n) is 14.6. The van der Waals surface area contributed by atoms with Gasteiger partial charge < -0.3 is 4.74 Å². The molecule has 2 aromatic rings. The van der Waals surface area contributed by atoms with Crippen LogP contribution < -0.4 is 10.2 Å². The number of rotatable bonds is 5. The molecule has 0 saturated heterocycles. The number of halogens is 3. The third-order valence-electron chi connectivity index (χ3n) is 3.49. The Balaban J connectivity index is 1.99. The lowest BCUT2D eigenvalue weighted by molar-refractivity contribution is -0.123. The van der Waals surface area contributed by atoms with Crippen LogP contribution in [0.5, 0.6) is 5.75 Å². The number of amides is 1. The van der Waals surface area contributed by atoms with E-state index in [1.165, 1.54) is 6.21 Å². The van der Waals surface area contributed by atoms with Crippen molar-refractivity contribution in [3.05, 3.63) is 62.0 Å². The van der Waals surface area contributed by atoms with E-state index in [2.05, 4.69) is 47.2 Å². The smallest absolute Gasteiger partial charge is 0.277 e. The Morgan fingerprint density at radius 3 is 2.50 bits per heavy atom. The third kappa shape index (κ3) is 5.73. The highest BCUT2D eigenvalue weighted by Crippen LogP contribution is 2.33. The van der Waals surface area contributed by atoms with Crippen molar-refractivity contribution in [1.82, 2.24) is 5.43 Å². The van der Waals surface area contributed by atoms with E-state index in [4.69, 9.17) is 27.9 Å². The van der Waals surface area contributed by atoms with Gasteiger partial charge in [-0.2, -0.15) is 5.10 Å². The summed E-state index contributed by atoms with van der Waals surface area (Å²) in [7, 11) is 0. The molecule has 0 aliphatic carbocycles. The minimum atomic E-state index is -0.382. The number of nitrogens with zero attached hydrogens (tertiary/aromatic N) is 1. The maximum atomic E-state index is 12.0. The zero-order chi connectivity index (χ0) is 19.3. The normalized spacial score (nSPS) is 11.6. The molecular formula is C19H19BrCl2N2O2.